The van der Waals surface area contributed by atoms with E-state index in [0.29, 0.717) is 16.5 Å². The highest BCUT2D eigenvalue weighted by Crippen LogP contribution is 2.31. The normalized spacial score (nSPS) is 10.8. The number of H-pyrrole nitrogens is 1. The van der Waals surface area contributed by atoms with Gasteiger partial charge in [-0.05, 0) is 24.6 Å². The van der Waals surface area contributed by atoms with Crippen LogP contribution in [-0.2, 0) is 11.2 Å². The molecule has 0 aliphatic rings. The molecule has 0 fully saturated rings. The van der Waals surface area contributed by atoms with Crippen LogP contribution in [0.5, 0.6) is 0 Å². The molecule has 0 bridgehead atoms. The number of nitrogens with two attached hydrogens (primary N) is 1. The van der Waals surface area contributed by atoms with E-state index in [1.54, 1.807) is 6.07 Å². The van der Waals surface area contributed by atoms with E-state index in [0.717, 1.165) is 22.2 Å². The van der Waals surface area contributed by atoms with Crippen molar-refractivity contribution in [3.63, 3.8) is 0 Å². The fourth-order valence-corrected chi connectivity index (χ4v) is 2.52. The Morgan fingerprint density at radius 3 is 2.83 bits per heavy atom. The second kappa shape index (κ2) is 5.08. The maximum atomic E-state index is 10.5. The van der Waals surface area contributed by atoms with Gasteiger partial charge in [0.15, 0.2) is 0 Å². The van der Waals surface area contributed by atoms with Gasteiger partial charge in [-0.1, -0.05) is 23.2 Å². The molecule has 2 rings (SSSR count). The molecule has 6 heteroatoms. The van der Waals surface area contributed by atoms with Crippen molar-refractivity contribution in [2.75, 3.05) is 6.61 Å². The summed E-state index contributed by atoms with van der Waals surface area (Å²) in [6.07, 6.45) is -0.214. The summed E-state index contributed by atoms with van der Waals surface area (Å²) in [6.45, 7) is 2.16. The zero-order valence-corrected chi connectivity index (χ0v) is 11.2. The number of benzene rings is 1. The van der Waals surface area contributed by atoms with Crippen molar-refractivity contribution in [3.05, 3.63) is 33.4 Å². The average molecular weight is 287 g/mol. The highest BCUT2D eigenvalue weighted by Gasteiger charge is 2.12. The van der Waals surface area contributed by atoms with Crippen LogP contribution in [0.2, 0.25) is 10.0 Å². The molecule has 0 saturated heterocycles. The molecular weight excluding hydrogens is 275 g/mol. The van der Waals surface area contributed by atoms with Crippen LogP contribution >= 0.6 is 23.2 Å². The second-order valence-electron chi connectivity index (χ2n) is 3.96. The predicted molar refractivity (Wildman–Crippen MR) is 72.3 cm³/mol. The number of hydrogen-bond acceptors (Lipinski definition) is 2. The van der Waals surface area contributed by atoms with E-state index in [1.165, 1.54) is 0 Å². The van der Waals surface area contributed by atoms with Crippen LogP contribution in [0.15, 0.2) is 12.1 Å². The van der Waals surface area contributed by atoms with Gasteiger partial charge in [-0.15, -0.1) is 0 Å². The minimum Gasteiger partial charge on any atom is -0.449 e. The molecule has 1 aromatic carbocycles. The second-order valence-corrected chi connectivity index (χ2v) is 4.80. The zero-order chi connectivity index (χ0) is 13.3. The monoisotopic (exact) mass is 286 g/mol. The van der Waals surface area contributed by atoms with E-state index in [-0.39, 0.29) is 6.61 Å². The lowest BCUT2D eigenvalue weighted by atomic mass is 10.1. The standard InChI is InChI=1S/C12H12Cl2N2O2/c1-6-8(2-3-18-12(15)17)9-4-7(13)5-10(14)11(9)16-6/h4-5,16H,2-3H2,1H3,(H2,15,17). The smallest absolute Gasteiger partial charge is 0.404 e. The molecule has 18 heavy (non-hydrogen) atoms. The van der Waals surface area contributed by atoms with Crippen LogP contribution < -0.4 is 5.73 Å². The summed E-state index contributed by atoms with van der Waals surface area (Å²) in [4.78, 5) is 13.7. The molecule has 1 amide bonds. The number of carbonyl (C=O) groups is 1. The molecule has 96 valence electrons. The van der Waals surface area contributed by atoms with Crippen molar-refractivity contribution < 1.29 is 9.53 Å². The largest absolute Gasteiger partial charge is 0.449 e. The first-order chi connectivity index (χ1) is 8.49. The van der Waals surface area contributed by atoms with Crippen LogP contribution in [0, 0.1) is 6.92 Å². The summed E-state index contributed by atoms with van der Waals surface area (Å²) in [6, 6.07) is 3.52. The van der Waals surface area contributed by atoms with E-state index in [4.69, 9.17) is 33.7 Å². The number of hydrogen-bond donors (Lipinski definition) is 2. The molecular formula is C12H12Cl2N2O2. The Morgan fingerprint density at radius 2 is 2.17 bits per heavy atom. The number of aromatic nitrogens is 1. The maximum absolute atomic E-state index is 10.5. The van der Waals surface area contributed by atoms with Crippen molar-refractivity contribution in [2.45, 2.75) is 13.3 Å². The fourth-order valence-electron chi connectivity index (χ4n) is 1.98. The minimum absolute atomic E-state index is 0.229. The van der Waals surface area contributed by atoms with Crippen LogP contribution in [-0.4, -0.2) is 17.7 Å². The molecule has 3 N–H and O–H groups in total. The first-order valence-electron chi connectivity index (χ1n) is 5.37. The average Bonchev–Trinajstić information content (AvgIpc) is 2.56. The third-order valence-corrected chi connectivity index (χ3v) is 3.26. The number of aromatic amines is 1. The van der Waals surface area contributed by atoms with E-state index >= 15 is 0 Å². The van der Waals surface area contributed by atoms with Gasteiger partial charge in [0.1, 0.15) is 0 Å². The number of primary amides is 1. The summed E-state index contributed by atoms with van der Waals surface area (Å²) in [7, 11) is 0. The van der Waals surface area contributed by atoms with Crippen LogP contribution in [0.3, 0.4) is 0 Å². The van der Waals surface area contributed by atoms with E-state index in [1.807, 2.05) is 13.0 Å². The first-order valence-corrected chi connectivity index (χ1v) is 6.13. The number of aryl methyl sites for hydroxylation is 1. The van der Waals surface area contributed by atoms with Crippen LogP contribution in [0.1, 0.15) is 11.3 Å². The zero-order valence-electron chi connectivity index (χ0n) is 9.72. The summed E-state index contributed by atoms with van der Waals surface area (Å²) in [5.74, 6) is 0. The van der Waals surface area contributed by atoms with E-state index < -0.39 is 6.09 Å². The molecule has 2 aromatic rings. The van der Waals surface area contributed by atoms with Crippen LogP contribution in [0.25, 0.3) is 10.9 Å². The minimum atomic E-state index is -0.774. The Hall–Kier alpha value is -1.39. The summed E-state index contributed by atoms with van der Waals surface area (Å²) in [5.41, 5.74) is 7.76. The first kappa shape index (κ1) is 13.1. The Labute approximate surface area is 114 Å². The van der Waals surface area contributed by atoms with Gasteiger partial charge in [0.05, 0.1) is 17.1 Å². The molecule has 0 aliphatic heterocycles. The SMILES string of the molecule is Cc1[nH]c2c(Cl)cc(Cl)cc2c1CCOC(N)=O. The Morgan fingerprint density at radius 1 is 1.44 bits per heavy atom. The van der Waals surface area contributed by atoms with Gasteiger partial charge in [0.25, 0.3) is 0 Å². The molecule has 0 spiro atoms. The molecule has 1 aromatic heterocycles. The lowest BCUT2D eigenvalue weighted by molar-refractivity contribution is 0.158. The van der Waals surface area contributed by atoms with Gasteiger partial charge in [0.2, 0.25) is 0 Å². The van der Waals surface area contributed by atoms with Gasteiger partial charge in [-0.2, -0.15) is 0 Å². The Balaban J connectivity index is 2.37. The Kier molecular flexibility index (Phi) is 3.68. The lowest BCUT2D eigenvalue weighted by Crippen LogP contribution is -2.14. The summed E-state index contributed by atoms with van der Waals surface area (Å²) >= 11 is 12.1. The topological polar surface area (TPSA) is 68.1 Å². The maximum Gasteiger partial charge on any atom is 0.404 e. The molecule has 0 saturated carbocycles. The fraction of sp³-hybridized carbons (Fsp3) is 0.250. The van der Waals surface area contributed by atoms with Crippen molar-refractivity contribution >= 4 is 40.2 Å². The summed E-state index contributed by atoms with van der Waals surface area (Å²) in [5, 5.41) is 2.09. The number of nitrogens with one attached hydrogen (secondary N) is 1. The molecule has 0 unspecified atom stereocenters. The number of carbonyl (C=O) groups excluding carboxylic acids is 1. The van der Waals surface area contributed by atoms with Gasteiger partial charge in [-0.3, -0.25) is 0 Å². The highest BCUT2D eigenvalue weighted by molar-refractivity contribution is 6.38. The quantitative estimate of drug-likeness (QED) is 0.908. The van der Waals surface area contributed by atoms with Crippen molar-refractivity contribution in [3.8, 4) is 0 Å². The van der Waals surface area contributed by atoms with Gasteiger partial charge in [-0.25, -0.2) is 4.79 Å². The van der Waals surface area contributed by atoms with Crippen molar-refractivity contribution in [2.24, 2.45) is 5.73 Å². The molecule has 0 atom stereocenters. The number of amides is 1. The molecule has 0 radical (unpaired) electrons. The third kappa shape index (κ3) is 2.54. The van der Waals surface area contributed by atoms with Gasteiger partial charge in [0, 0.05) is 22.5 Å². The lowest BCUT2D eigenvalue weighted by Gasteiger charge is -2.03. The predicted octanol–water partition coefficient (Wildman–Crippen LogP) is 3.42. The number of fused-ring (bicyclic) bond motifs is 1. The van der Waals surface area contributed by atoms with Crippen molar-refractivity contribution in [1.82, 2.24) is 4.98 Å². The van der Waals surface area contributed by atoms with Gasteiger partial charge >= 0.3 is 6.09 Å². The molecule has 0 aliphatic carbocycles. The van der Waals surface area contributed by atoms with Gasteiger partial charge < -0.3 is 15.5 Å². The Bertz CT molecular complexity index is 608. The molecule has 4 nitrogen and oxygen atoms in total. The highest BCUT2D eigenvalue weighted by atomic mass is 35.5. The number of halogens is 2. The third-order valence-electron chi connectivity index (χ3n) is 2.74. The van der Waals surface area contributed by atoms with E-state index in [2.05, 4.69) is 4.98 Å². The van der Waals surface area contributed by atoms with Crippen molar-refractivity contribution in [1.29, 1.82) is 0 Å². The molecule has 1 heterocycles. The van der Waals surface area contributed by atoms with E-state index in [9.17, 15) is 4.79 Å². The summed E-state index contributed by atoms with van der Waals surface area (Å²) < 4.78 is 4.74. The number of ether oxygens (including phenoxy) is 1. The number of rotatable bonds is 3. The van der Waals surface area contributed by atoms with Crippen LogP contribution in [0.4, 0.5) is 4.79 Å².